The van der Waals surface area contributed by atoms with Gasteiger partial charge in [-0.25, -0.2) is 0 Å². The van der Waals surface area contributed by atoms with Crippen molar-refractivity contribution < 1.29 is 14.6 Å². The average molecular weight is 208 g/mol. The van der Waals surface area contributed by atoms with Crippen LogP contribution in [-0.4, -0.2) is 35.9 Å². The molecule has 0 aromatic rings. The molecule has 1 heterocycles. The fourth-order valence-corrected chi connectivity index (χ4v) is 2.00. The van der Waals surface area contributed by atoms with Crippen molar-refractivity contribution >= 4 is 18.4 Å². The second kappa shape index (κ2) is 3.82. The Morgan fingerprint density at radius 3 is 2.62 bits per heavy atom. The summed E-state index contributed by atoms with van der Waals surface area (Å²) in [5, 5.41) is 11.9. The first kappa shape index (κ1) is 10.8. The maximum Gasteiger partial charge on any atom is 0.323 e. The Morgan fingerprint density at radius 1 is 1.54 bits per heavy atom. The lowest BCUT2D eigenvalue weighted by Crippen LogP contribution is -2.64. The van der Waals surface area contributed by atoms with Crippen LogP contribution in [0.3, 0.4) is 0 Å². The summed E-state index contributed by atoms with van der Waals surface area (Å²) in [6, 6.07) is -0.486. The maximum absolute atomic E-state index is 10.8. The van der Waals surface area contributed by atoms with E-state index in [1.165, 1.54) is 0 Å². The Morgan fingerprint density at radius 2 is 2.23 bits per heavy atom. The van der Waals surface area contributed by atoms with Crippen LogP contribution in [0.1, 0.15) is 19.3 Å². The van der Waals surface area contributed by atoms with Gasteiger partial charge in [-0.15, -0.1) is 12.4 Å². The monoisotopic (exact) mass is 207 g/mol. The van der Waals surface area contributed by atoms with Gasteiger partial charge in [0.1, 0.15) is 6.04 Å². The summed E-state index contributed by atoms with van der Waals surface area (Å²) < 4.78 is 5.53. The van der Waals surface area contributed by atoms with Crippen LogP contribution in [0.4, 0.5) is 0 Å². The molecule has 1 aliphatic heterocycles. The highest BCUT2D eigenvalue weighted by atomic mass is 35.5. The molecular weight excluding hydrogens is 194 g/mol. The lowest BCUT2D eigenvalue weighted by Gasteiger charge is -2.48. The molecule has 0 bridgehead atoms. The Labute approximate surface area is 83.1 Å². The van der Waals surface area contributed by atoms with Gasteiger partial charge in [0.25, 0.3) is 0 Å². The minimum atomic E-state index is -0.783. The second-order valence-electron chi connectivity index (χ2n) is 3.49. The summed E-state index contributed by atoms with van der Waals surface area (Å²) in [5.74, 6) is -0.783. The van der Waals surface area contributed by atoms with E-state index in [4.69, 9.17) is 9.84 Å². The van der Waals surface area contributed by atoms with Crippen molar-refractivity contribution in [2.24, 2.45) is 0 Å². The molecule has 76 valence electrons. The first-order valence-corrected chi connectivity index (χ1v) is 4.35. The average Bonchev–Trinajstić information content (AvgIpc) is 2.01. The lowest BCUT2D eigenvalue weighted by molar-refractivity contribution is -0.173. The molecule has 13 heavy (non-hydrogen) atoms. The van der Waals surface area contributed by atoms with Crippen molar-refractivity contribution in [3.63, 3.8) is 0 Å². The zero-order chi connectivity index (χ0) is 8.60. The summed E-state index contributed by atoms with van der Waals surface area (Å²) in [6.45, 7) is 1.29. The van der Waals surface area contributed by atoms with E-state index >= 15 is 0 Å². The van der Waals surface area contributed by atoms with E-state index < -0.39 is 12.0 Å². The van der Waals surface area contributed by atoms with Crippen LogP contribution in [-0.2, 0) is 9.53 Å². The van der Waals surface area contributed by atoms with Crippen LogP contribution in [0.5, 0.6) is 0 Å². The van der Waals surface area contributed by atoms with Crippen molar-refractivity contribution in [3.05, 3.63) is 0 Å². The zero-order valence-electron chi connectivity index (χ0n) is 7.28. The van der Waals surface area contributed by atoms with Gasteiger partial charge in [-0.2, -0.15) is 0 Å². The smallest absolute Gasteiger partial charge is 0.323 e. The third kappa shape index (κ3) is 1.66. The van der Waals surface area contributed by atoms with Crippen molar-refractivity contribution in [3.8, 4) is 0 Å². The maximum atomic E-state index is 10.8. The van der Waals surface area contributed by atoms with E-state index in [-0.39, 0.29) is 18.0 Å². The van der Waals surface area contributed by atoms with Crippen LogP contribution < -0.4 is 5.32 Å². The number of aliphatic carboxylic acids is 1. The first-order valence-electron chi connectivity index (χ1n) is 4.35. The number of carboxylic acids is 1. The topological polar surface area (TPSA) is 58.6 Å². The highest BCUT2D eigenvalue weighted by Gasteiger charge is 2.50. The van der Waals surface area contributed by atoms with E-state index in [0.29, 0.717) is 13.2 Å². The molecule has 0 amide bonds. The summed E-state index contributed by atoms with van der Waals surface area (Å²) in [5.41, 5.74) is -0.371. The molecule has 0 radical (unpaired) electrons. The van der Waals surface area contributed by atoms with E-state index in [9.17, 15) is 4.79 Å². The van der Waals surface area contributed by atoms with Gasteiger partial charge in [-0.3, -0.25) is 10.1 Å². The van der Waals surface area contributed by atoms with E-state index in [2.05, 4.69) is 5.32 Å². The van der Waals surface area contributed by atoms with Gasteiger partial charge < -0.3 is 9.84 Å². The summed E-state index contributed by atoms with van der Waals surface area (Å²) in [4.78, 5) is 10.8. The van der Waals surface area contributed by atoms with E-state index in [1.807, 2.05) is 0 Å². The number of nitrogens with one attached hydrogen (secondary N) is 1. The summed E-state index contributed by atoms with van der Waals surface area (Å²) >= 11 is 0. The summed E-state index contributed by atoms with van der Waals surface area (Å²) in [7, 11) is 0. The van der Waals surface area contributed by atoms with Crippen LogP contribution in [0, 0.1) is 0 Å². The summed E-state index contributed by atoms with van der Waals surface area (Å²) in [6.07, 6.45) is 2.86. The van der Waals surface area contributed by atoms with Gasteiger partial charge in [0.2, 0.25) is 0 Å². The number of ether oxygens (including phenoxy) is 1. The molecule has 2 fully saturated rings. The van der Waals surface area contributed by atoms with Gasteiger partial charge in [-0.1, -0.05) is 0 Å². The SMILES string of the molecule is Cl.O=C(O)C1NCCOC12CCC2. The highest BCUT2D eigenvalue weighted by molar-refractivity contribution is 5.85. The normalized spacial score (nSPS) is 30.3. The van der Waals surface area contributed by atoms with Gasteiger partial charge in [0.05, 0.1) is 12.2 Å². The third-order valence-electron chi connectivity index (χ3n) is 2.81. The molecule has 1 atom stereocenters. The van der Waals surface area contributed by atoms with Crippen LogP contribution in [0.25, 0.3) is 0 Å². The number of morpholine rings is 1. The van der Waals surface area contributed by atoms with Gasteiger partial charge in [-0.05, 0) is 19.3 Å². The number of carbonyl (C=O) groups is 1. The van der Waals surface area contributed by atoms with Gasteiger partial charge in [0.15, 0.2) is 0 Å². The largest absolute Gasteiger partial charge is 0.480 e. The van der Waals surface area contributed by atoms with Crippen molar-refractivity contribution in [1.82, 2.24) is 5.32 Å². The standard InChI is InChI=1S/C8H13NO3.ClH/c10-7(11)6-8(2-1-3-8)12-5-4-9-6;/h6,9H,1-5H2,(H,10,11);1H. The fourth-order valence-electron chi connectivity index (χ4n) is 2.00. The molecule has 4 nitrogen and oxygen atoms in total. The zero-order valence-corrected chi connectivity index (χ0v) is 8.10. The molecule has 0 aromatic carbocycles. The predicted octanol–water partition coefficient (Wildman–Crippen LogP) is 0.404. The Bertz CT molecular complexity index is 206. The number of hydrogen-bond donors (Lipinski definition) is 2. The van der Waals surface area contributed by atoms with Crippen molar-refractivity contribution in [1.29, 1.82) is 0 Å². The quantitative estimate of drug-likeness (QED) is 0.654. The molecule has 1 saturated heterocycles. The molecule has 1 aliphatic carbocycles. The number of rotatable bonds is 1. The lowest BCUT2D eigenvalue weighted by atomic mass is 9.73. The first-order chi connectivity index (χ1) is 5.75. The van der Waals surface area contributed by atoms with Crippen molar-refractivity contribution in [2.45, 2.75) is 30.9 Å². The minimum absolute atomic E-state index is 0. The number of halogens is 1. The van der Waals surface area contributed by atoms with Gasteiger partial charge in [0, 0.05) is 6.54 Å². The molecule has 1 unspecified atom stereocenters. The van der Waals surface area contributed by atoms with Crippen LogP contribution in [0.2, 0.25) is 0 Å². The van der Waals surface area contributed by atoms with Crippen molar-refractivity contribution in [2.75, 3.05) is 13.2 Å². The molecule has 2 aliphatic rings. The molecule has 0 aromatic heterocycles. The van der Waals surface area contributed by atoms with Gasteiger partial charge >= 0.3 is 5.97 Å². The molecular formula is C8H14ClNO3. The number of hydrogen-bond acceptors (Lipinski definition) is 3. The highest BCUT2D eigenvalue weighted by Crippen LogP contribution is 2.39. The Balaban J connectivity index is 0.000000845. The molecule has 2 N–H and O–H groups in total. The van der Waals surface area contributed by atoms with Crippen LogP contribution in [0.15, 0.2) is 0 Å². The second-order valence-corrected chi connectivity index (χ2v) is 3.49. The Hall–Kier alpha value is -0.320. The third-order valence-corrected chi connectivity index (χ3v) is 2.81. The van der Waals surface area contributed by atoms with Crippen LogP contribution >= 0.6 is 12.4 Å². The fraction of sp³-hybridized carbons (Fsp3) is 0.875. The molecule has 5 heteroatoms. The molecule has 2 rings (SSSR count). The predicted molar refractivity (Wildman–Crippen MR) is 49.2 cm³/mol. The van der Waals surface area contributed by atoms with E-state index in [0.717, 1.165) is 19.3 Å². The minimum Gasteiger partial charge on any atom is -0.480 e. The molecule has 1 saturated carbocycles. The number of carboxylic acid groups (broad SMARTS) is 1. The Kier molecular flexibility index (Phi) is 3.16. The van der Waals surface area contributed by atoms with E-state index in [1.54, 1.807) is 0 Å². The molecule has 1 spiro atoms.